The molecule has 1 amide bonds. The maximum Gasteiger partial charge on any atom is 0.250 e. The van der Waals surface area contributed by atoms with Crippen molar-refractivity contribution < 1.29 is 4.79 Å². The number of carbonyl (C=O) groups is 1. The number of anilines is 2. The number of primary amides is 1. The summed E-state index contributed by atoms with van der Waals surface area (Å²) in [7, 11) is 0. The summed E-state index contributed by atoms with van der Waals surface area (Å²) in [6, 6.07) is 5.31. The third kappa shape index (κ3) is 5.20. The SMILES string of the molecule is CCCCCCCCNc1cccc(C(N)=O)c1N. The molecule has 5 N–H and O–H groups in total. The zero-order chi connectivity index (χ0) is 14.1. The first-order valence-electron chi connectivity index (χ1n) is 7.09. The lowest BCUT2D eigenvalue weighted by Crippen LogP contribution is -2.15. The summed E-state index contributed by atoms with van der Waals surface area (Å²) in [5, 5.41) is 3.27. The summed E-state index contributed by atoms with van der Waals surface area (Å²) < 4.78 is 0. The molecular weight excluding hydrogens is 238 g/mol. The van der Waals surface area contributed by atoms with Crippen LogP contribution in [0.15, 0.2) is 18.2 Å². The number of rotatable bonds is 9. The number of nitrogens with one attached hydrogen (secondary N) is 1. The number of hydrogen-bond acceptors (Lipinski definition) is 3. The number of benzene rings is 1. The average Bonchev–Trinajstić information content (AvgIpc) is 2.39. The third-order valence-electron chi connectivity index (χ3n) is 3.22. The van der Waals surface area contributed by atoms with Gasteiger partial charge in [0.15, 0.2) is 0 Å². The van der Waals surface area contributed by atoms with Crippen LogP contribution in [0.3, 0.4) is 0 Å². The zero-order valence-corrected chi connectivity index (χ0v) is 11.7. The number of para-hydroxylation sites is 1. The molecule has 1 rings (SSSR count). The Morgan fingerprint density at radius 1 is 1.16 bits per heavy atom. The van der Waals surface area contributed by atoms with Crippen LogP contribution in [0, 0.1) is 0 Å². The number of nitrogen functional groups attached to an aromatic ring is 1. The highest BCUT2D eigenvalue weighted by atomic mass is 16.1. The van der Waals surface area contributed by atoms with E-state index in [1.807, 2.05) is 6.07 Å². The molecule has 0 aliphatic heterocycles. The maximum absolute atomic E-state index is 11.2. The lowest BCUT2D eigenvalue weighted by atomic mass is 10.1. The predicted octanol–water partition coefficient (Wildman–Crippen LogP) is 3.14. The lowest BCUT2D eigenvalue weighted by Gasteiger charge is -2.11. The van der Waals surface area contributed by atoms with E-state index in [-0.39, 0.29) is 0 Å². The van der Waals surface area contributed by atoms with Crippen molar-refractivity contribution in [2.45, 2.75) is 45.4 Å². The van der Waals surface area contributed by atoms with Gasteiger partial charge in [0.1, 0.15) is 0 Å². The highest BCUT2D eigenvalue weighted by Gasteiger charge is 2.08. The van der Waals surface area contributed by atoms with E-state index in [2.05, 4.69) is 12.2 Å². The molecule has 0 atom stereocenters. The molecule has 106 valence electrons. The second-order valence-corrected chi connectivity index (χ2v) is 4.83. The van der Waals surface area contributed by atoms with Gasteiger partial charge in [-0.05, 0) is 18.6 Å². The van der Waals surface area contributed by atoms with Crippen LogP contribution in [-0.4, -0.2) is 12.5 Å². The Kier molecular flexibility index (Phi) is 6.79. The molecular formula is C15H25N3O. The first-order valence-corrected chi connectivity index (χ1v) is 7.09. The number of nitrogens with two attached hydrogens (primary N) is 2. The van der Waals surface area contributed by atoms with Gasteiger partial charge in [0.25, 0.3) is 5.91 Å². The fraction of sp³-hybridized carbons (Fsp3) is 0.533. The molecule has 0 heterocycles. The second-order valence-electron chi connectivity index (χ2n) is 4.83. The number of hydrogen-bond donors (Lipinski definition) is 3. The molecule has 0 aromatic heterocycles. The molecule has 0 aliphatic rings. The van der Waals surface area contributed by atoms with Gasteiger partial charge >= 0.3 is 0 Å². The minimum Gasteiger partial charge on any atom is -0.396 e. The van der Waals surface area contributed by atoms with Crippen LogP contribution in [0.5, 0.6) is 0 Å². The molecule has 4 heteroatoms. The molecule has 0 radical (unpaired) electrons. The highest BCUT2D eigenvalue weighted by molar-refractivity contribution is 6.00. The maximum atomic E-state index is 11.2. The molecule has 0 fully saturated rings. The molecule has 1 aromatic rings. The standard InChI is InChI=1S/C15H25N3O/c1-2-3-4-5-6-7-11-18-13-10-8-9-12(14(13)16)15(17)19/h8-10,18H,2-7,11,16H2,1H3,(H2,17,19). The van der Waals surface area contributed by atoms with Gasteiger partial charge in [-0.3, -0.25) is 4.79 Å². The Labute approximate surface area is 115 Å². The van der Waals surface area contributed by atoms with Crippen molar-refractivity contribution in [3.05, 3.63) is 23.8 Å². The average molecular weight is 263 g/mol. The Bertz CT molecular complexity index is 404. The van der Waals surface area contributed by atoms with E-state index in [1.54, 1.807) is 12.1 Å². The van der Waals surface area contributed by atoms with Crippen LogP contribution in [0.1, 0.15) is 55.8 Å². The Morgan fingerprint density at radius 2 is 1.84 bits per heavy atom. The molecule has 0 unspecified atom stereocenters. The molecule has 1 aromatic carbocycles. The fourth-order valence-corrected chi connectivity index (χ4v) is 2.06. The van der Waals surface area contributed by atoms with Crippen molar-refractivity contribution in [1.82, 2.24) is 0 Å². The highest BCUT2D eigenvalue weighted by Crippen LogP contribution is 2.22. The minimum absolute atomic E-state index is 0.382. The topological polar surface area (TPSA) is 81.1 Å². The van der Waals surface area contributed by atoms with Crippen molar-refractivity contribution in [2.75, 3.05) is 17.6 Å². The third-order valence-corrected chi connectivity index (χ3v) is 3.22. The molecule has 0 bridgehead atoms. The summed E-state index contributed by atoms with van der Waals surface area (Å²) >= 11 is 0. The molecule has 0 saturated carbocycles. The molecule has 0 saturated heterocycles. The molecule has 0 spiro atoms. The van der Waals surface area contributed by atoms with E-state index < -0.39 is 5.91 Å². The van der Waals surface area contributed by atoms with Crippen LogP contribution in [0.4, 0.5) is 11.4 Å². The molecule has 19 heavy (non-hydrogen) atoms. The van der Waals surface area contributed by atoms with Crippen LogP contribution in [-0.2, 0) is 0 Å². The van der Waals surface area contributed by atoms with Crippen LogP contribution >= 0.6 is 0 Å². The van der Waals surface area contributed by atoms with Gasteiger partial charge in [0.05, 0.1) is 16.9 Å². The Hall–Kier alpha value is -1.71. The summed E-state index contributed by atoms with van der Waals surface area (Å²) in [6.45, 7) is 3.09. The first kappa shape index (κ1) is 15.3. The van der Waals surface area contributed by atoms with Gasteiger partial charge in [-0.25, -0.2) is 0 Å². The number of carbonyl (C=O) groups excluding carboxylic acids is 1. The van der Waals surface area contributed by atoms with Gasteiger partial charge in [0, 0.05) is 6.54 Å². The van der Waals surface area contributed by atoms with Crippen molar-refractivity contribution in [2.24, 2.45) is 5.73 Å². The Morgan fingerprint density at radius 3 is 2.53 bits per heavy atom. The van der Waals surface area contributed by atoms with Crippen molar-refractivity contribution >= 4 is 17.3 Å². The van der Waals surface area contributed by atoms with Gasteiger partial charge < -0.3 is 16.8 Å². The minimum atomic E-state index is -0.485. The van der Waals surface area contributed by atoms with Crippen LogP contribution < -0.4 is 16.8 Å². The smallest absolute Gasteiger partial charge is 0.250 e. The van der Waals surface area contributed by atoms with Crippen molar-refractivity contribution in [3.8, 4) is 0 Å². The van der Waals surface area contributed by atoms with Crippen molar-refractivity contribution in [3.63, 3.8) is 0 Å². The fourth-order valence-electron chi connectivity index (χ4n) is 2.06. The van der Waals surface area contributed by atoms with E-state index in [4.69, 9.17) is 11.5 Å². The molecule has 4 nitrogen and oxygen atoms in total. The largest absolute Gasteiger partial charge is 0.396 e. The Balaban J connectivity index is 2.33. The summed E-state index contributed by atoms with van der Waals surface area (Å²) in [5.74, 6) is -0.485. The zero-order valence-electron chi connectivity index (χ0n) is 11.7. The quantitative estimate of drug-likeness (QED) is 0.473. The summed E-state index contributed by atoms with van der Waals surface area (Å²) in [4.78, 5) is 11.2. The van der Waals surface area contributed by atoms with Gasteiger partial charge in [-0.15, -0.1) is 0 Å². The monoisotopic (exact) mass is 263 g/mol. The van der Waals surface area contributed by atoms with E-state index >= 15 is 0 Å². The number of unbranched alkanes of at least 4 members (excludes halogenated alkanes) is 5. The second kappa shape index (κ2) is 8.40. The number of amides is 1. The molecule has 0 aliphatic carbocycles. The van der Waals surface area contributed by atoms with E-state index in [1.165, 1.54) is 32.1 Å². The van der Waals surface area contributed by atoms with Crippen molar-refractivity contribution in [1.29, 1.82) is 0 Å². The lowest BCUT2D eigenvalue weighted by molar-refractivity contribution is 0.100. The van der Waals surface area contributed by atoms with E-state index in [0.29, 0.717) is 11.3 Å². The van der Waals surface area contributed by atoms with Gasteiger partial charge in [-0.1, -0.05) is 45.1 Å². The van der Waals surface area contributed by atoms with Crippen LogP contribution in [0.25, 0.3) is 0 Å². The summed E-state index contributed by atoms with van der Waals surface area (Å²) in [6.07, 6.45) is 7.53. The van der Waals surface area contributed by atoms with Gasteiger partial charge in [-0.2, -0.15) is 0 Å². The van der Waals surface area contributed by atoms with E-state index in [9.17, 15) is 4.79 Å². The van der Waals surface area contributed by atoms with E-state index in [0.717, 1.165) is 18.7 Å². The normalized spacial score (nSPS) is 10.4. The van der Waals surface area contributed by atoms with Gasteiger partial charge in [0.2, 0.25) is 0 Å². The predicted molar refractivity (Wildman–Crippen MR) is 81.2 cm³/mol. The summed E-state index contributed by atoms with van der Waals surface area (Å²) in [5.41, 5.74) is 12.8. The first-order chi connectivity index (χ1) is 9.16. The van der Waals surface area contributed by atoms with Crippen LogP contribution in [0.2, 0.25) is 0 Å².